The molecule has 0 fully saturated rings. The lowest BCUT2D eigenvalue weighted by atomic mass is 10.0. The number of carbonyl (C=O) groups excluding carboxylic acids is 3. The fourth-order valence-corrected chi connectivity index (χ4v) is 3.33. The lowest BCUT2D eigenvalue weighted by Gasteiger charge is -2.21. The Morgan fingerprint density at radius 2 is 2.00 bits per heavy atom. The molecule has 2 amide bonds. The molecule has 10 heteroatoms. The zero-order valence-corrected chi connectivity index (χ0v) is 19.6. The number of pyridine rings is 1. The van der Waals surface area contributed by atoms with Gasteiger partial charge >= 0.3 is 5.97 Å². The number of rotatable bonds is 8. The molecule has 0 radical (unpaired) electrons. The summed E-state index contributed by atoms with van der Waals surface area (Å²) in [5.74, 6) is -2.81. The first-order valence-electron chi connectivity index (χ1n) is 14.6. The van der Waals surface area contributed by atoms with Gasteiger partial charge < -0.3 is 20.1 Å². The van der Waals surface area contributed by atoms with Crippen LogP contribution >= 0.6 is 0 Å². The van der Waals surface area contributed by atoms with Gasteiger partial charge in [-0.2, -0.15) is 5.10 Å². The highest BCUT2D eigenvalue weighted by molar-refractivity contribution is 6.05. The third-order valence-corrected chi connectivity index (χ3v) is 4.75. The fourth-order valence-electron chi connectivity index (χ4n) is 3.33. The van der Waals surface area contributed by atoms with E-state index in [0.29, 0.717) is 16.6 Å². The minimum absolute atomic E-state index is 0.147. The number of esters is 1. The van der Waals surface area contributed by atoms with Crippen LogP contribution in [0.25, 0.3) is 22.0 Å². The molecule has 0 bridgehead atoms. The number of benzene rings is 1. The van der Waals surface area contributed by atoms with Crippen LogP contribution in [-0.4, -0.2) is 58.1 Å². The van der Waals surface area contributed by atoms with Crippen molar-refractivity contribution in [3.05, 3.63) is 41.7 Å². The Hall–Kier alpha value is -3.95. The van der Waals surface area contributed by atoms with Crippen LogP contribution in [-0.2, 0) is 9.53 Å². The van der Waals surface area contributed by atoms with E-state index in [1.165, 1.54) is 18.3 Å². The molecule has 1 aromatic carbocycles. The summed E-state index contributed by atoms with van der Waals surface area (Å²) in [5.41, 5.74) is -0.0496. The van der Waals surface area contributed by atoms with E-state index in [1.54, 1.807) is 39.8 Å². The molecule has 10 nitrogen and oxygen atoms in total. The monoisotopic (exact) mass is 489 g/mol. The molecule has 0 spiro atoms. The molecular formula is C25H31N5O5. The second-order valence-corrected chi connectivity index (χ2v) is 8.76. The zero-order chi connectivity index (χ0) is 32.5. The average molecular weight is 490 g/mol. The van der Waals surface area contributed by atoms with Crippen molar-refractivity contribution in [1.29, 1.82) is 0 Å². The molecule has 0 unspecified atom stereocenters. The number of fused-ring (bicyclic) bond motifs is 1. The van der Waals surface area contributed by atoms with Gasteiger partial charge in [0.25, 0.3) is 11.8 Å². The third-order valence-electron chi connectivity index (χ3n) is 4.75. The van der Waals surface area contributed by atoms with Crippen molar-refractivity contribution in [3.63, 3.8) is 0 Å². The van der Waals surface area contributed by atoms with Crippen LogP contribution in [0.1, 0.15) is 72.8 Å². The lowest BCUT2D eigenvalue weighted by Crippen LogP contribution is -2.36. The summed E-state index contributed by atoms with van der Waals surface area (Å²) in [5, 5.41) is 11.2. The van der Waals surface area contributed by atoms with Crippen LogP contribution in [0.5, 0.6) is 5.88 Å². The van der Waals surface area contributed by atoms with Gasteiger partial charge in [0, 0.05) is 36.5 Å². The molecule has 0 aliphatic rings. The standard InChI is InChI=1S/C25H31N5O5/c1-7-26-23(33)21-17-9-8-15(12-19(17)29-30-21)16-11-18(24(34-6)27-13-16)22(32)28-14(2)10-20(31)35-25(3,4)5/h8-9,11-14H,7,10H2,1-6H3,(H,26,33)(H,28,32)(H,29,30)/t14-/m1/s1/i1D3,6D3,7D2. The van der Waals surface area contributed by atoms with Gasteiger partial charge in [-0.3, -0.25) is 19.5 Å². The first-order chi connectivity index (χ1) is 19.6. The smallest absolute Gasteiger partial charge is 0.308 e. The summed E-state index contributed by atoms with van der Waals surface area (Å²) >= 11 is 0. The summed E-state index contributed by atoms with van der Waals surface area (Å²) in [7, 11) is -2.91. The van der Waals surface area contributed by atoms with Gasteiger partial charge in [-0.15, -0.1) is 0 Å². The molecule has 186 valence electrons. The van der Waals surface area contributed by atoms with Crippen LogP contribution in [0, 0.1) is 0 Å². The van der Waals surface area contributed by atoms with Crippen LogP contribution in [0.2, 0.25) is 0 Å². The second-order valence-electron chi connectivity index (χ2n) is 8.76. The number of methoxy groups -OCH3 is 1. The topological polar surface area (TPSA) is 135 Å². The molecule has 3 aromatic rings. The lowest BCUT2D eigenvalue weighted by molar-refractivity contribution is -0.155. The van der Waals surface area contributed by atoms with Crippen molar-refractivity contribution < 1.29 is 34.8 Å². The Labute approximate surface area is 215 Å². The van der Waals surface area contributed by atoms with E-state index in [0.717, 1.165) is 0 Å². The zero-order valence-electron chi connectivity index (χ0n) is 27.6. The first kappa shape index (κ1) is 16.6. The Balaban J connectivity index is 1.91. The highest BCUT2D eigenvalue weighted by Crippen LogP contribution is 2.28. The molecule has 0 saturated carbocycles. The largest absolute Gasteiger partial charge is 0.480 e. The first-order valence-corrected chi connectivity index (χ1v) is 10.6. The molecule has 1 atom stereocenters. The van der Waals surface area contributed by atoms with Crippen LogP contribution < -0.4 is 15.4 Å². The number of hydrogen-bond donors (Lipinski definition) is 3. The quantitative estimate of drug-likeness (QED) is 0.413. The molecule has 2 heterocycles. The Morgan fingerprint density at radius 1 is 1.20 bits per heavy atom. The number of nitrogens with zero attached hydrogens (tertiary/aromatic N) is 2. The van der Waals surface area contributed by atoms with Gasteiger partial charge in [0.05, 0.1) is 23.1 Å². The number of ether oxygens (including phenoxy) is 2. The van der Waals surface area contributed by atoms with Gasteiger partial charge in [-0.1, -0.05) is 6.07 Å². The molecule has 35 heavy (non-hydrogen) atoms. The van der Waals surface area contributed by atoms with Crippen molar-refractivity contribution >= 4 is 28.7 Å². The number of aromatic nitrogens is 3. The summed E-state index contributed by atoms with van der Waals surface area (Å²) < 4.78 is 69.6. The van der Waals surface area contributed by atoms with Gasteiger partial charge in [0.2, 0.25) is 5.88 Å². The van der Waals surface area contributed by atoms with E-state index >= 15 is 0 Å². The highest BCUT2D eigenvalue weighted by Gasteiger charge is 2.22. The molecule has 3 N–H and O–H groups in total. The minimum Gasteiger partial charge on any atom is -0.480 e. The van der Waals surface area contributed by atoms with Crippen LogP contribution in [0.4, 0.5) is 0 Å². The van der Waals surface area contributed by atoms with Gasteiger partial charge in [0.15, 0.2) is 5.69 Å². The molecule has 2 aromatic heterocycles. The van der Waals surface area contributed by atoms with E-state index < -0.39 is 55.7 Å². The van der Waals surface area contributed by atoms with Gasteiger partial charge in [-0.05, 0) is 58.3 Å². The average Bonchev–Trinajstić information content (AvgIpc) is 3.24. The number of nitrogens with one attached hydrogen (secondary N) is 3. The molecule has 0 aliphatic carbocycles. The van der Waals surface area contributed by atoms with Gasteiger partial charge in [-0.25, -0.2) is 4.98 Å². The normalized spacial score (nSPS) is 16.7. The van der Waals surface area contributed by atoms with Crippen molar-refractivity contribution in [1.82, 2.24) is 25.8 Å². The summed E-state index contributed by atoms with van der Waals surface area (Å²) in [6.07, 6.45) is 1.13. The van der Waals surface area contributed by atoms with E-state index in [2.05, 4.69) is 20.5 Å². The highest BCUT2D eigenvalue weighted by atomic mass is 16.6. The Bertz CT molecular complexity index is 1530. The maximum atomic E-state index is 13.2. The number of carbonyl (C=O) groups is 3. The maximum Gasteiger partial charge on any atom is 0.308 e. The second kappa shape index (κ2) is 10.5. The minimum atomic E-state index is -3.11. The fraction of sp³-hybridized carbons (Fsp3) is 0.400. The summed E-state index contributed by atoms with van der Waals surface area (Å²) in [6, 6.07) is 5.23. The van der Waals surface area contributed by atoms with E-state index in [9.17, 15) is 14.4 Å². The van der Waals surface area contributed by atoms with Crippen LogP contribution in [0.15, 0.2) is 30.5 Å². The molecule has 0 saturated heterocycles. The van der Waals surface area contributed by atoms with Crippen molar-refractivity contribution in [2.24, 2.45) is 0 Å². The van der Waals surface area contributed by atoms with Crippen molar-refractivity contribution in [2.75, 3.05) is 13.5 Å². The number of H-pyrrole nitrogens is 1. The molecule has 3 rings (SSSR count). The van der Waals surface area contributed by atoms with Gasteiger partial charge in [0.1, 0.15) is 11.2 Å². The van der Waals surface area contributed by atoms with Crippen molar-refractivity contribution in [2.45, 2.75) is 52.6 Å². The number of amides is 2. The Morgan fingerprint density at radius 3 is 2.71 bits per heavy atom. The number of aromatic amines is 1. The summed E-state index contributed by atoms with van der Waals surface area (Å²) in [6.45, 7) is 0.593. The van der Waals surface area contributed by atoms with Crippen molar-refractivity contribution in [3.8, 4) is 17.0 Å². The van der Waals surface area contributed by atoms with Crippen LogP contribution in [0.3, 0.4) is 0 Å². The SMILES string of the molecule is [2H]C([2H])([2H])Oc1ncc(-c2ccc3c(C(=O)NC([2H])([2H])C([2H])([2H])[2H])n[nH]c3c2)cc1C(=O)N[C@H](C)CC(=O)OC(C)(C)C. The number of hydrogen-bond acceptors (Lipinski definition) is 7. The van der Waals surface area contributed by atoms with E-state index in [4.69, 9.17) is 20.4 Å². The maximum absolute atomic E-state index is 13.2. The summed E-state index contributed by atoms with van der Waals surface area (Å²) in [4.78, 5) is 42.0. The predicted molar refractivity (Wildman–Crippen MR) is 131 cm³/mol. The van der Waals surface area contributed by atoms with E-state index in [1.807, 2.05) is 5.32 Å². The predicted octanol–water partition coefficient (Wildman–Crippen LogP) is 3.23. The molecule has 0 aliphatic heterocycles. The third kappa shape index (κ3) is 6.34. The molecular weight excluding hydrogens is 450 g/mol. The van der Waals surface area contributed by atoms with E-state index in [-0.39, 0.29) is 23.1 Å². The Kier molecular flexibility index (Phi) is 5.01.